The van der Waals surface area contributed by atoms with Crippen LogP contribution >= 0.6 is 0 Å². The fraction of sp³-hybridized carbons (Fsp3) is 0.600. The Morgan fingerprint density at radius 2 is 2.42 bits per heavy atom. The number of allylic oxidation sites excluding steroid dienone is 1. The van der Waals surface area contributed by atoms with E-state index in [0.29, 0.717) is 12.3 Å². The number of hydrogen-bond donors (Lipinski definition) is 0. The maximum absolute atomic E-state index is 12.1. The van der Waals surface area contributed by atoms with Gasteiger partial charge in [-0.15, -0.1) is 0 Å². The molecule has 0 spiro atoms. The summed E-state index contributed by atoms with van der Waals surface area (Å²) in [6, 6.07) is 0. The molecule has 4 heteroatoms. The molecule has 1 aromatic heterocycles. The van der Waals surface area contributed by atoms with E-state index in [2.05, 4.69) is 16.5 Å². The molecule has 1 aliphatic rings. The quantitative estimate of drug-likeness (QED) is 0.781. The van der Waals surface area contributed by atoms with Gasteiger partial charge in [0, 0.05) is 44.4 Å². The van der Waals surface area contributed by atoms with Crippen molar-refractivity contribution in [1.29, 1.82) is 0 Å². The van der Waals surface area contributed by atoms with Crippen LogP contribution in [0.5, 0.6) is 0 Å². The molecule has 1 aliphatic heterocycles. The highest BCUT2D eigenvalue weighted by Gasteiger charge is 2.26. The summed E-state index contributed by atoms with van der Waals surface area (Å²) in [4.78, 5) is 18.5. The van der Waals surface area contributed by atoms with Gasteiger partial charge in [0.05, 0.1) is 0 Å². The van der Waals surface area contributed by atoms with Gasteiger partial charge in [-0.2, -0.15) is 0 Å². The van der Waals surface area contributed by atoms with Crippen molar-refractivity contribution in [3.63, 3.8) is 0 Å². The maximum atomic E-state index is 12.1. The normalized spacial score (nSPS) is 20.1. The summed E-state index contributed by atoms with van der Waals surface area (Å²) < 4.78 is 2.19. The van der Waals surface area contributed by atoms with Crippen LogP contribution < -0.4 is 0 Å². The first kappa shape index (κ1) is 13.8. The Morgan fingerprint density at radius 3 is 3.16 bits per heavy atom. The summed E-state index contributed by atoms with van der Waals surface area (Å²) in [5.74, 6) is 1.75. The van der Waals surface area contributed by atoms with Crippen LogP contribution in [0.15, 0.2) is 24.5 Å². The highest BCUT2D eigenvalue weighted by molar-refractivity contribution is 5.77. The van der Waals surface area contributed by atoms with E-state index in [-0.39, 0.29) is 5.91 Å². The standard InChI is InChI=1S/C15H23N3O/c1-3-5-8-14(19)18-10-6-7-13(12-18)15-16-9-11-17(15)4-2/h3,5,9,11,13H,4,6-8,10,12H2,1-2H3/b5-3+/t13-/m0/s1. The summed E-state index contributed by atoms with van der Waals surface area (Å²) in [5, 5.41) is 0. The number of imidazole rings is 1. The number of nitrogens with zero attached hydrogens (tertiary/aromatic N) is 3. The zero-order valence-electron chi connectivity index (χ0n) is 11.9. The summed E-state index contributed by atoms with van der Waals surface area (Å²) in [6.07, 6.45) is 10.5. The number of aryl methyl sites for hydroxylation is 1. The van der Waals surface area contributed by atoms with Crippen LogP contribution in [0.1, 0.15) is 44.9 Å². The average Bonchev–Trinajstić information content (AvgIpc) is 2.93. The Labute approximate surface area is 115 Å². The molecule has 104 valence electrons. The second-order valence-corrected chi connectivity index (χ2v) is 5.02. The van der Waals surface area contributed by atoms with Crippen LogP contribution in [0.4, 0.5) is 0 Å². The predicted octanol–water partition coefficient (Wildman–Crippen LogP) is 2.58. The summed E-state index contributed by atoms with van der Waals surface area (Å²) in [6.45, 7) is 6.72. The minimum absolute atomic E-state index is 0.234. The van der Waals surface area contributed by atoms with Crippen molar-refractivity contribution in [2.45, 2.75) is 45.6 Å². The summed E-state index contributed by atoms with van der Waals surface area (Å²) in [5.41, 5.74) is 0. The van der Waals surface area contributed by atoms with E-state index in [1.807, 2.05) is 36.4 Å². The predicted molar refractivity (Wildman–Crippen MR) is 75.9 cm³/mol. The monoisotopic (exact) mass is 261 g/mol. The minimum atomic E-state index is 0.234. The highest BCUT2D eigenvalue weighted by atomic mass is 16.2. The lowest BCUT2D eigenvalue weighted by molar-refractivity contribution is -0.131. The van der Waals surface area contributed by atoms with Crippen LogP contribution in [0.25, 0.3) is 0 Å². The topological polar surface area (TPSA) is 38.1 Å². The van der Waals surface area contributed by atoms with Gasteiger partial charge in [-0.1, -0.05) is 12.2 Å². The van der Waals surface area contributed by atoms with Gasteiger partial charge in [0.25, 0.3) is 0 Å². The molecule has 19 heavy (non-hydrogen) atoms. The fourth-order valence-electron chi connectivity index (χ4n) is 2.71. The SMILES string of the molecule is C/C=C/CC(=O)N1CCC[C@H](c2nccn2CC)C1. The van der Waals surface area contributed by atoms with E-state index in [1.54, 1.807) is 0 Å². The highest BCUT2D eigenvalue weighted by Crippen LogP contribution is 2.26. The molecular formula is C15H23N3O. The zero-order chi connectivity index (χ0) is 13.7. The number of carbonyl (C=O) groups is 1. The first-order chi connectivity index (χ1) is 9.26. The van der Waals surface area contributed by atoms with Gasteiger partial charge in [-0.3, -0.25) is 4.79 Å². The van der Waals surface area contributed by atoms with Crippen LogP contribution in [0.2, 0.25) is 0 Å². The third kappa shape index (κ3) is 3.25. The van der Waals surface area contributed by atoms with Crippen molar-refractivity contribution in [2.24, 2.45) is 0 Å². The smallest absolute Gasteiger partial charge is 0.226 e. The fourth-order valence-corrected chi connectivity index (χ4v) is 2.71. The first-order valence-electron chi connectivity index (χ1n) is 7.16. The minimum Gasteiger partial charge on any atom is -0.342 e. The molecule has 1 amide bonds. The Kier molecular flexibility index (Phi) is 4.77. The van der Waals surface area contributed by atoms with Gasteiger partial charge in [0.2, 0.25) is 5.91 Å². The van der Waals surface area contributed by atoms with Gasteiger partial charge in [0.1, 0.15) is 5.82 Å². The van der Waals surface area contributed by atoms with Crippen molar-refractivity contribution < 1.29 is 4.79 Å². The molecule has 2 heterocycles. The lowest BCUT2D eigenvalue weighted by Crippen LogP contribution is -2.39. The molecule has 1 fully saturated rings. The molecule has 0 saturated carbocycles. The van der Waals surface area contributed by atoms with Crippen molar-refractivity contribution in [1.82, 2.24) is 14.5 Å². The van der Waals surface area contributed by atoms with Crippen LogP contribution in [0.3, 0.4) is 0 Å². The Bertz CT molecular complexity index is 450. The van der Waals surface area contributed by atoms with E-state index in [0.717, 1.165) is 38.3 Å². The number of hydrogen-bond acceptors (Lipinski definition) is 2. The molecule has 0 N–H and O–H groups in total. The molecule has 1 atom stereocenters. The lowest BCUT2D eigenvalue weighted by Gasteiger charge is -2.32. The molecule has 4 nitrogen and oxygen atoms in total. The second-order valence-electron chi connectivity index (χ2n) is 5.02. The molecule has 1 saturated heterocycles. The molecule has 0 radical (unpaired) electrons. The molecule has 0 bridgehead atoms. The zero-order valence-corrected chi connectivity index (χ0v) is 11.9. The van der Waals surface area contributed by atoms with Gasteiger partial charge >= 0.3 is 0 Å². The van der Waals surface area contributed by atoms with Gasteiger partial charge in [-0.05, 0) is 26.7 Å². The lowest BCUT2D eigenvalue weighted by atomic mass is 9.97. The van der Waals surface area contributed by atoms with Crippen LogP contribution in [-0.4, -0.2) is 33.4 Å². The molecular weight excluding hydrogens is 238 g/mol. The van der Waals surface area contributed by atoms with E-state index in [9.17, 15) is 4.79 Å². The number of likely N-dealkylation sites (tertiary alicyclic amines) is 1. The Hall–Kier alpha value is -1.58. The van der Waals surface area contributed by atoms with Crippen LogP contribution in [-0.2, 0) is 11.3 Å². The number of aromatic nitrogens is 2. The molecule has 1 aromatic rings. The number of amides is 1. The third-order valence-corrected chi connectivity index (χ3v) is 3.76. The first-order valence-corrected chi connectivity index (χ1v) is 7.16. The van der Waals surface area contributed by atoms with E-state index < -0.39 is 0 Å². The van der Waals surface area contributed by atoms with Crippen molar-refractivity contribution >= 4 is 5.91 Å². The van der Waals surface area contributed by atoms with E-state index in [4.69, 9.17) is 0 Å². The van der Waals surface area contributed by atoms with Crippen molar-refractivity contribution in [2.75, 3.05) is 13.1 Å². The molecule has 0 unspecified atom stereocenters. The molecule has 2 rings (SSSR count). The number of carbonyl (C=O) groups excluding carboxylic acids is 1. The van der Waals surface area contributed by atoms with Crippen molar-refractivity contribution in [3.05, 3.63) is 30.4 Å². The van der Waals surface area contributed by atoms with E-state index >= 15 is 0 Å². The molecule has 0 aliphatic carbocycles. The van der Waals surface area contributed by atoms with E-state index in [1.165, 1.54) is 0 Å². The van der Waals surface area contributed by atoms with Gasteiger partial charge in [0.15, 0.2) is 0 Å². The number of rotatable bonds is 4. The van der Waals surface area contributed by atoms with Gasteiger partial charge < -0.3 is 9.47 Å². The summed E-state index contributed by atoms with van der Waals surface area (Å²) >= 11 is 0. The number of piperidine rings is 1. The second kappa shape index (κ2) is 6.55. The third-order valence-electron chi connectivity index (χ3n) is 3.76. The average molecular weight is 261 g/mol. The maximum Gasteiger partial charge on any atom is 0.226 e. The van der Waals surface area contributed by atoms with Gasteiger partial charge in [-0.25, -0.2) is 4.98 Å². The summed E-state index contributed by atoms with van der Waals surface area (Å²) in [7, 11) is 0. The Balaban J connectivity index is 2.03. The van der Waals surface area contributed by atoms with Crippen LogP contribution in [0, 0.1) is 0 Å². The molecule has 0 aromatic carbocycles. The van der Waals surface area contributed by atoms with Crippen molar-refractivity contribution in [3.8, 4) is 0 Å². The largest absolute Gasteiger partial charge is 0.342 e. The Morgan fingerprint density at radius 1 is 1.58 bits per heavy atom.